The Kier molecular flexibility index (Phi) is 41.3. The number of nitrogens with two attached hydrogens (primary N) is 1. The largest absolute Gasteiger partial charge is 1.00 e. The standard InChI is InChI=1S/C16H22N2O3.C10H7N3O3.C10H13N3O.C10H18O5.C6H4FNO2.C4H4N2O.CH2O3.CH4.2Cs.H2.H/c1-12-5-7-13(8-6-12)18-10-9-17(11-14(18)19)15(20)21-16(2,3)4;14-10-7-11-5-6-12(10)8-1-3-9(4-2-8)13(15)16;11-8-1-3-9(4-2-8)13-6-5-12-7-10(13)14;1-9(2,3)14-7(11)13-8(12)15-10(4,5)6;7-5-1-3-6(4-2-5)8(9)10;7-4-3-5-1-2-6-4;2-1-4-3;;;;;/h5-8H,9-11H2,1-4H3;1-7H;1-4,12H,5-7,11H2;1-6H3;1-4H;1-3H,(H,6,7);1,3H;1H4;;;1H;/q;;;;;;;;2*+1;;-1/p-1. The summed E-state index contributed by atoms with van der Waals surface area (Å²) in [6.07, 6.45) is 5.84. The molecule has 8 rings (SSSR count). The number of nitrogens with zero attached hydrogens (tertiary/aromatic N) is 8. The van der Waals surface area contributed by atoms with Crippen LogP contribution < -0.4 is 175 Å². The minimum Gasteiger partial charge on any atom is -1.00 e. The van der Waals surface area contributed by atoms with Gasteiger partial charge in [-0.05, 0) is 130 Å². The number of non-ortho nitro benzene ring substituents is 2. The number of nitrogens with one attached hydrogen (secondary N) is 2. The maximum Gasteiger partial charge on any atom is 1.00 e. The fourth-order valence-electron chi connectivity index (χ4n) is 6.47. The van der Waals surface area contributed by atoms with Gasteiger partial charge in [-0.1, -0.05) is 25.1 Å². The average molecular weight is 1500 g/mol. The number of piperazine rings is 2. The Hall–Kier alpha value is -6.39. The number of amides is 3. The number of hydrogen-bond donors (Lipinski definition) is 3. The molecule has 0 spiro atoms. The van der Waals surface area contributed by atoms with Crippen LogP contribution in [0.25, 0.3) is 5.69 Å². The molecule has 2 saturated heterocycles. The molecule has 0 radical (unpaired) electrons. The summed E-state index contributed by atoms with van der Waals surface area (Å²) in [6.45, 7) is 20.3. The number of anilines is 3. The molecule has 2 fully saturated rings. The molecular formula is C58H76Cs2FN11O18. The van der Waals surface area contributed by atoms with E-state index in [-0.39, 0.29) is 195 Å². The van der Waals surface area contributed by atoms with Gasteiger partial charge >= 0.3 is 156 Å². The summed E-state index contributed by atoms with van der Waals surface area (Å²) in [5.41, 5.74) is 7.32. The number of carbonyl (C=O) groups is 6. The number of benzene rings is 4. The maximum absolute atomic E-state index is 12.2. The van der Waals surface area contributed by atoms with Crippen molar-refractivity contribution in [1.82, 2.24) is 29.7 Å². The Balaban J connectivity index is -0.000000504. The Labute approximate surface area is 639 Å². The van der Waals surface area contributed by atoms with E-state index in [4.69, 9.17) is 30.0 Å². The molecule has 0 saturated carbocycles. The van der Waals surface area contributed by atoms with Crippen LogP contribution in [-0.4, -0.2) is 127 Å². The van der Waals surface area contributed by atoms with Crippen molar-refractivity contribution in [1.29, 1.82) is 0 Å². The monoisotopic (exact) mass is 1500 g/mol. The van der Waals surface area contributed by atoms with Gasteiger partial charge in [0.1, 0.15) is 29.2 Å². The number of nitro groups is 2. The summed E-state index contributed by atoms with van der Waals surface area (Å²) in [5, 5.41) is 31.9. The van der Waals surface area contributed by atoms with Crippen LogP contribution in [0.5, 0.6) is 0 Å². The van der Waals surface area contributed by atoms with Crippen LogP contribution in [0.4, 0.5) is 47.2 Å². The predicted molar refractivity (Wildman–Crippen MR) is 322 cm³/mol. The van der Waals surface area contributed by atoms with E-state index in [9.17, 15) is 58.2 Å². The molecule has 0 aliphatic carbocycles. The van der Waals surface area contributed by atoms with Gasteiger partial charge in [0.15, 0.2) is 0 Å². The third kappa shape index (κ3) is 36.5. The van der Waals surface area contributed by atoms with Crippen molar-refractivity contribution >= 4 is 65.1 Å². The first-order valence-electron chi connectivity index (χ1n) is 26.0. The third-order valence-electron chi connectivity index (χ3n) is 10.2. The molecule has 4 N–H and O–H groups in total. The number of carbonyl (C=O) groups excluding carboxylic acids is 6. The zero-order chi connectivity index (χ0) is 65.5. The van der Waals surface area contributed by atoms with Gasteiger partial charge in [0.05, 0.1) is 28.8 Å². The Morgan fingerprint density at radius 1 is 0.678 bits per heavy atom. The number of aryl methyl sites for hydroxylation is 1. The van der Waals surface area contributed by atoms with Gasteiger partial charge in [-0.3, -0.25) is 63.6 Å². The Morgan fingerprint density at radius 3 is 1.53 bits per heavy atom. The number of halogens is 1. The van der Waals surface area contributed by atoms with Crippen LogP contribution in [-0.2, 0) is 38.2 Å². The fraction of sp³-hybridized carbons (Fsp3) is 0.345. The van der Waals surface area contributed by atoms with Gasteiger partial charge in [0, 0.05) is 99.4 Å². The number of aromatic amines is 1. The van der Waals surface area contributed by atoms with Crippen LogP contribution in [0.2, 0.25) is 0 Å². The van der Waals surface area contributed by atoms with Crippen molar-refractivity contribution in [2.45, 2.75) is 93.5 Å². The zero-order valence-corrected chi connectivity index (χ0v) is 64.0. The van der Waals surface area contributed by atoms with Gasteiger partial charge in [0.2, 0.25) is 11.8 Å². The van der Waals surface area contributed by atoms with Crippen molar-refractivity contribution in [3.8, 4) is 5.69 Å². The average Bonchev–Trinajstić information content (AvgIpc) is 1.24. The van der Waals surface area contributed by atoms with E-state index in [1.54, 1.807) is 51.3 Å². The van der Waals surface area contributed by atoms with Crippen molar-refractivity contribution < 1.29 is 213 Å². The molecule has 0 unspecified atom stereocenters. The molecule has 90 heavy (non-hydrogen) atoms. The van der Waals surface area contributed by atoms with Gasteiger partial charge < -0.3 is 56.4 Å². The summed E-state index contributed by atoms with van der Waals surface area (Å²) in [4.78, 5) is 125. The fourth-order valence-corrected chi connectivity index (χ4v) is 6.47. The van der Waals surface area contributed by atoms with E-state index in [0.717, 1.165) is 60.0 Å². The topological polar surface area (TPSA) is 386 Å². The van der Waals surface area contributed by atoms with Gasteiger partial charge in [-0.15, -0.1) is 0 Å². The second kappa shape index (κ2) is 43.4. The van der Waals surface area contributed by atoms with Gasteiger partial charge in [-0.25, -0.2) is 18.8 Å². The Morgan fingerprint density at radius 2 is 1.13 bits per heavy atom. The normalized spacial score (nSPS) is 12.1. The first-order chi connectivity index (χ1) is 40.7. The summed E-state index contributed by atoms with van der Waals surface area (Å²) in [7, 11) is 0. The number of H-pyrrole nitrogens is 1. The van der Waals surface area contributed by atoms with Crippen molar-refractivity contribution in [3.63, 3.8) is 0 Å². The smallest absolute Gasteiger partial charge is 1.00 e. The Bertz CT molecular complexity index is 3280. The first kappa shape index (κ1) is 85.7. The molecule has 0 atom stereocenters. The van der Waals surface area contributed by atoms with Crippen molar-refractivity contribution in [2.24, 2.45) is 0 Å². The number of nitrogen functional groups attached to an aromatic ring is 1. The van der Waals surface area contributed by atoms with Crippen molar-refractivity contribution in [3.05, 3.63) is 187 Å². The number of aromatic nitrogens is 4. The van der Waals surface area contributed by atoms with E-state index in [2.05, 4.69) is 29.9 Å². The van der Waals surface area contributed by atoms with E-state index in [1.807, 2.05) is 76.2 Å². The molecule has 4 aromatic carbocycles. The van der Waals surface area contributed by atoms with E-state index in [0.29, 0.717) is 25.3 Å². The third-order valence-corrected chi connectivity index (χ3v) is 10.2. The quantitative estimate of drug-likeness (QED) is 0.0312. The summed E-state index contributed by atoms with van der Waals surface area (Å²) >= 11 is 0. The van der Waals surface area contributed by atoms with Gasteiger partial charge in [-0.2, -0.15) is 0 Å². The number of rotatable bonds is 6. The number of nitro benzene ring substituents is 2. The molecule has 32 heteroatoms. The molecule has 4 heterocycles. The number of hydrogen-bond acceptors (Lipinski definition) is 22. The van der Waals surface area contributed by atoms with E-state index >= 15 is 0 Å². The summed E-state index contributed by atoms with van der Waals surface area (Å²) in [5.74, 6) is -0.442. The molecule has 2 aliphatic rings. The SMILES string of the molecule is C.CC(C)(C)OC(=O)OC(=O)OC(C)(C)C.Cc1ccc(N2CCN(C(=O)OC(C)(C)C)CC2=O)cc1.Nc1ccc(N2CCNCC2=O)cc1.O=CO[O-].O=[N+]([O-])c1ccc(F)cc1.O=c1cncc[nH]1.O=c1cnccn1-c1ccc([N+](=O)[O-])cc1.[Cs+].[Cs+].[H-].[HH]. The molecule has 0 bridgehead atoms. The minimum atomic E-state index is -1.06. The van der Waals surface area contributed by atoms with Crippen molar-refractivity contribution in [2.75, 3.05) is 54.8 Å². The predicted octanol–water partition coefficient (Wildman–Crippen LogP) is 1.74. The van der Waals surface area contributed by atoms with Crippen LogP contribution in [0.15, 0.2) is 144 Å². The van der Waals surface area contributed by atoms with Crippen LogP contribution in [0, 0.1) is 33.0 Å². The number of ether oxygens (including phenoxy) is 4. The van der Waals surface area contributed by atoms with E-state index in [1.165, 1.54) is 70.9 Å². The molecule has 2 aliphatic heterocycles. The zero-order valence-electron chi connectivity index (χ0n) is 52.4. The molecular weight excluding hydrogens is 1420 g/mol. The van der Waals surface area contributed by atoms with E-state index < -0.39 is 50.9 Å². The molecule has 480 valence electrons. The van der Waals surface area contributed by atoms with Crippen LogP contribution in [0.3, 0.4) is 0 Å². The molecule has 6 aromatic rings. The summed E-state index contributed by atoms with van der Waals surface area (Å²) < 4.78 is 32.6. The second-order valence-electron chi connectivity index (χ2n) is 20.7. The summed E-state index contributed by atoms with van der Waals surface area (Å²) in [6, 6.07) is 25.2. The second-order valence-corrected chi connectivity index (χ2v) is 20.7. The molecule has 2 aromatic heterocycles. The first-order valence-corrected chi connectivity index (χ1v) is 26.0. The minimum absolute atomic E-state index is 0. The van der Waals surface area contributed by atoms with Gasteiger partial charge in [0.25, 0.3) is 29.0 Å². The molecule has 29 nitrogen and oxygen atoms in total. The maximum atomic E-state index is 12.2. The van der Waals surface area contributed by atoms with Crippen LogP contribution in [0.1, 0.15) is 78.2 Å². The van der Waals surface area contributed by atoms with Crippen LogP contribution >= 0.6 is 0 Å². The molecule has 3 amide bonds.